The highest BCUT2D eigenvalue weighted by Gasteiger charge is 2.15. The van der Waals surface area contributed by atoms with Gasteiger partial charge in [0.05, 0.1) is 39.8 Å². The van der Waals surface area contributed by atoms with Crippen LogP contribution in [0.1, 0.15) is 5.56 Å². The van der Waals surface area contributed by atoms with E-state index in [4.69, 9.17) is 14.2 Å². The lowest BCUT2D eigenvalue weighted by molar-refractivity contribution is 0.324. The minimum absolute atomic E-state index is 0.335. The third kappa shape index (κ3) is 4.28. The van der Waals surface area contributed by atoms with Gasteiger partial charge in [-0.15, -0.1) is 17.9 Å². The van der Waals surface area contributed by atoms with Gasteiger partial charge in [0.25, 0.3) is 0 Å². The molecule has 0 aliphatic rings. The zero-order valence-corrected chi connectivity index (χ0v) is 17.8. The van der Waals surface area contributed by atoms with Crippen LogP contribution in [0.15, 0.2) is 64.5 Å². The van der Waals surface area contributed by atoms with Crippen molar-refractivity contribution < 1.29 is 18.6 Å². The van der Waals surface area contributed by atoms with Gasteiger partial charge in [-0.1, -0.05) is 18.2 Å². The quantitative estimate of drug-likeness (QED) is 0.397. The van der Waals surface area contributed by atoms with Crippen molar-refractivity contribution in [2.75, 3.05) is 27.9 Å². The fraction of sp³-hybridized carbons (Fsp3) is 0.182. The number of methoxy groups -OCH3 is 3. The van der Waals surface area contributed by atoms with Gasteiger partial charge in [-0.05, 0) is 24.3 Å². The summed E-state index contributed by atoms with van der Waals surface area (Å²) in [5, 5.41) is 6.40. The maximum atomic E-state index is 14.4. The van der Waals surface area contributed by atoms with Crippen LogP contribution in [-0.2, 0) is 0 Å². The highest BCUT2D eigenvalue weighted by atomic mass is 32.1. The number of nitrogens with zero attached hydrogens (tertiary/aromatic N) is 3. The van der Waals surface area contributed by atoms with E-state index >= 15 is 0 Å². The van der Waals surface area contributed by atoms with Crippen LogP contribution in [0.4, 0.5) is 4.39 Å². The molecular formula is C22H22FN3O3S. The summed E-state index contributed by atoms with van der Waals surface area (Å²) in [6, 6.07) is 10.1. The fourth-order valence-electron chi connectivity index (χ4n) is 2.86. The van der Waals surface area contributed by atoms with E-state index < -0.39 is 0 Å². The normalized spacial score (nSPS) is 11.7. The Hall–Kier alpha value is -3.39. The van der Waals surface area contributed by atoms with Crippen LogP contribution in [0.5, 0.6) is 17.2 Å². The summed E-state index contributed by atoms with van der Waals surface area (Å²) >= 11 is 1.37. The van der Waals surface area contributed by atoms with Crippen LogP contribution < -0.4 is 19.0 Å². The molecule has 0 amide bonds. The molecule has 0 aliphatic carbocycles. The number of hydrogen-bond donors (Lipinski definition) is 0. The summed E-state index contributed by atoms with van der Waals surface area (Å²) in [4.78, 5) is 5.08. The van der Waals surface area contributed by atoms with Gasteiger partial charge in [-0.25, -0.2) is 9.07 Å². The molecule has 0 bridgehead atoms. The first-order chi connectivity index (χ1) is 14.6. The second kappa shape index (κ2) is 9.89. The standard InChI is InChI=1S/C22H22FN3O3S/c1-5-12-24-22-26(18(14-30-22)16-8-6-7-9-17(16)23)25-13-15-10-11-19(27-2)21(29-4)20(15)28-3/h5-11,13-14H,1,12H2,2-4H3. The average molecular weight is 428 g/mol. The first-order valence-electron chi connectivity index (χ1n) is 9.04. The maximum Gasteiger partial charge on any atom is 0.206 e. The SMILES string of the molecule is C=CCN=c1scc(-c2ccccc2F)n1N=Cc1ccc(OC)c(OC)c1OC. The smallest absolute Gasteiger partial charge is 0.206 e. The maximum absolute atomic E-state index is 14.4. The predicted octanol–water partition coefficient (Wildman–Crippen LogP) is 4.35. The molecule has 8 heteroatoms. The monoisotopic (exact) mass is 427 g/mol. The molecule has 30 heavy (non-hydrogen) atoms. The van der Waals surface area contributed by atoms with E-state index in [0.29, 0.717) is 45.4 Å². The number of hydrogen-bond acceptors (Lipinski definition) is 6. The first-order valence-corrected chi connectivity index (χ1v) is 9.92. The van der Waals surface area contributed by atoms with Gasteiger partial charge in [0, 0.05) is 16.5 Å². The molecule has 1 aromatic heterocycles. The van der Waals surface area contributed by atoms with Crippen molar-refractivity contribution in [3.8, 4) is 28.5 Å². The molecule has 0 N–H and O–H groups in total. The van der Waals surface area contributed by atoms with E-state index in [1.807, 2.05) is 5.38 Å². The largest absolute Gasteiger partial charge is 0.493 e. The number of halogens is 1. The molecular weight excluding hydrogens is 405 g/mol. The van der Waals surface area contributed by atoms with Gasteiger partial charge in [-0.2, -0.15) is 5.10 Å². The molecule has 0 saturated carbocycles. The Bertz CT molecular complexity index is 1130. The number of aromatic nitrogens is 1. The third-order valence-corrected chi connectivity index (χ3v) is 5.09. The lowest BCUT2D eigenvalue weighted by Crippen LogP contribution is -2.13. The molecule has 0 saturated heterocycles. The molecule has 3 aromatic rings. The predicted molar refractivity (Wildman–Crippen MR) is 117 cm³/mol. The molecule has 1 heterocycles. The van der Waals surface area contributed by atoms with Gasteiger partial charge >= 0.3 is 0 Å². The van der Waals surface area contributed by atoms with E-state index in [9.17, 15) is 4.39 Å². The molecule has 156 valence electrons. The minimum atomic E-state index is -0.335. The van der Waals surface area contributed by atoms with E-state index in [0.717, 1.165) is 0 Å². The molecule has 0 radical (unpaired) electrons. The van der Waals surface area contributed by atoms with Gasteiger partial charge in [0.1, 0.15) is 5.82 Å². The van der Waals surface area contributed by atoms with Crippen LogP contribution in [0, 0.1) is 5.82 Å². The van der Waals surface area contributed by atoms with Crippen LogP contribution >= 0.6 is 11.3 Å². The Morgan fingerprint density at radius 1 is 1.07 bits per heavy atom. The molecule has 6 nitrogen and oxygen atoms in total. The van der Waals surface area contributed by atoms with E-state index in [1.54, 1.807) is 61.5 Å². The topological polar surface area (TPSA) is 57.3 Å². The van der Waals surface area contributed by atoms with Crippen molar-refractivity contribution in [1.29, 1.82) is 0 Å². The van der Waals surface area contributed by atoms with Gasteiger partial charge in [0.15, 0.2) is 11.5 Å². The summed E-state index contributed by atoms with van der Waals surface area (Å²) in [5.74, 6) is 1.15. The van der Waals surface area contributed by atoms with Crippen molar-refractivity contribution in [2.24, 2.45) is 10.1 Å². The lowest BCUT2D eigenvalue weighted by atomic mass is 10.1. The summed E-state index contributed by atoms with van der Waals surface area (Å²) in [5.41, 5.74) is 1.70. The second-order valence-corrected chi connectivity index (χ2v) is 6.83. The van der Waals surface area contributed by atoms with Gasteiger partial charge in [0.2, 0.25) is 10.6 Å². The summed E-state index contributed by atoms with van der Waals surface area (Å²) in [6.45, 7) is 4.12. The molecule has 0 atom stereocenters. The first kappa shape index (κ1) is 21.3. The van der Waals surface area contributed by atoms with Gasteiger partial charge < -0.3 is 14.2 Å². The van der Waals surface area contributed by atoms with Crippen LogP contribution in [0.25, 0.3) is 11.3 Å². The number of thiazole rings is 1. The molecule has 0 spiro atoms. The van der Waals surface area contributed by atoms with Crippen molar-refractivity contribution in [2.45, 2.75) is 0 Å². The minimum Gasteiger partial charge on any atom is -0.493 e. The zero-order valence-electron chi connectivity index (χ0n) is 17.0. The summed E-state index contributed by atoms with van der Waals surface area (Å²) in [6.07, 6.45) is 3.30. The molecule has 0 unspecified atom stereocenters. The van der Waals surface area contributed by atoms with Crippen molar-refractivity contribution in [3.05, 3.63) is 70.6 Å². The number of ether oxygens (including phenoxy) is 3. The average Bonchev–Trinajstić information content (AvgIpc) is 3.17. The molecule has 2 aromatic carbocycles. The fourth-order valence-corrected chi connectivity index (χ4v) is 3.70. The van der Waals surface area contributed by atoms with Crippen LogP contribution in [0.3, 0.4) is 0 Å². The van der Waals surface area contributed by atoms with Crippen molar-refractivity contribution in [1.82, 2.24) is 4.68 Å². The van der Waals surface area contributed by atoms with Crippen molar-refractivity contribution >= 4 is 17.6 Å². The highest BCUT2D eigenvalue weighted by molar-refractivity contribution is 7.07. The molecule has 3 rings (SSSR count). The Morgan fingerprint density at radius 2 is 1.83 bits per heavy atom. The Morgan fingerprint density at radius 3 is 2.50 bits per heavy atom. The lowest BCUT2D eigenvalue weighted by Gasteiger charge is -2.13. The van der Waals surface area contributed by atoms with Crippen molar-refractivity contribution in [3.63, 3.8) is 0 Å². The van der Waals surface area contributed by atoms with E-state index in [1.165, 1.54) is 24.5 Å². The Kier molecular flexibility index (Phi) is 7.03. The number of rotatable bonds is 8. The van der Waals surface area contributed by atoms with Crippen LogP contribution in [0.2, 0.25) is 0 Å². The zero-order chi connectivity index (χ0) is 21.5. The van der Waals surface area contributed by atoms with Crippen LogP contribution in [-0.4, -0.2) is 38.8 Å². The number of benzene rings is 2. The highest BCUT2D eigenvalue weighted by Crippen LogP contribution is 2.39. The summed E-state index contributed by atoms with van der Waals surface area (Å²) in [7, 11) is 4.64. The van der Waals surface area contributed by atoms with E-state index in [2.05, 4.69) is 16.7 Å². The Balaban J connectivity index is 2.15. The Labute approximate surface area is 178 Å². The van der Waals surface area contributed by atoms with E-state index in [-0.39, 0.29) is 5.82 Å². The third-order valence-electron chi connectivity index (χ3n) is 4.24. The summed E-state index contributed by atoms with van der Waals surface area (Å²) < 4.78 is 32.3. The van der Waals surface area contributed by atoms with Gasteiger partial charge in [-0.3, -0.25) is 4.99 Å². The molecule has 0 fully saturated rings. The second-order valence-electron chi connectivity index (χ2n) is 5.99. The molecule has 0 aliphatic heterocycles.